The lowest BCUT2D eigenvalue weighted by atomic mass is 9.98. The molecule has 0 saturated heterocycles. The molecular formula is C15H20N4OS. The molecule has 1 aliphatic carbocycles. The van der Waals surface area contributed by atoms with Crippen molar-refractivity contribution < 1.29 is 4.79 Å². The second kappa shape index (κ2) is 6.05. The molecule has 0 bridgehead atoms. The van der Waals surface area contributed by atoms with E-state index in [2.05, 4.69) is 24.2 Å². The van der Waals surface area contributed by atoms with Gasteiger partial charge in [-0.3, -0.25) is 4.79 Å². The van der Waals surface area contributed by atoms with E-state index in [0.717, 1.165) is 42.8 Å². The fourth-order valence-electron chi connectivity index (χ4n) is 3.01. The smallest absolute Gasteiger partial charge is 0.212 e. The maximum absolute atomic E-state index is 11.3. The molecule has 0 amide bonds. The van der Waals surface area contributed by atoms with Crippen LogP contribution in [0.1, 0.15) is 72.2 Å². The van der Waals surface area contributed by atoms with E-state index in [4.69, 9.17) is 4.98 Å². The van der Waals surface area contributed by atoms with Gasteiger partial charge >= 0.3 is 0 Å². The Bertz CT molecular complexity index is 619. The lowest BCUT2D eigenvalue weighted by Crippen LogP contribution is -2.08. The van der Waals surface area contributed by atoms with Crippen LogP contribution in [-0.4, -0.2) is 26.3 Å². The first-order valence-corrected chi connectivity index (χ1v) is 8.49. The Morgan fingerprint density at radius 1 is 1.29 bits per heavy atom. The standard InChI is InChI=1S/C15H20N4OS/c1-3-10(4-2)14-12(9-20)17-18-19(14)15-16-11-7-5-6-8-13(11)21-15/h9-10H,3-8H2,1-2H3. The fourth-order valence-corrected chi connectivity index (χ4v) is 4.12. The Hall–Kier alpha value is -1.56. The minimum Gasteiger partial charge on any atom is -0.296 e. The average Bonchev–Trinajstić information content (AvgIpc) is 3.11. The van der Waals surface area contributed by atoms with Crippen LogP contribution in [-0.2, 0) is 12.8 Å². The van der Waals surface area contributed by atoms with Crippen molar-refractivity contribution in [2.45, 2.75) is 58.3 Å². The van der Waals surface area contributed by atoms with Gasteiger partial charge in [-0.25, -0.2) is 4.98 Å². The van der Waals surface area contributed by atoms with Crippen molar-refractivity contribution in [2.24, 2.45) is 0 Å². The molecule has 0 fully saturated rings. The van der Waals surface area contributed by atoms with Gasteiger partial charge in [0.05, 0.1) is 11.4 Å². The van der Waals surface area contributed by atoms with Crippen molar-refractivity contribution in [3.05, 3.63) is 22.0 Å². The number of thiazole rings is 1. The van der Waals surface area contributed by atoms with Crippen molar-refractivity contribution in [3.63, 3.8) is 0 Å². The number of hydrogen-bond acceptors (Lipinski definition) is 5. The van der Waals surface area contributed by atoms with Gasteiger partial charge in [0.2, 0.25) is 5.13 Å². The second-order valence-corrected chi connectivity index (χ2v) is 6.54. The molecule has 2 aromatic heterocycles. The zero-order valence-corrected chi connectivity index (χ0v) is 13.3. The van der Waals surface area contributed by atoms with Crippen LogP contribution < -0.4 is 0 Å². The highest BCUT2D eigenvalue weighted by molar-refractivity contribution is 7.14. The quantitative estimate of drug-likeness (QED) is 0.795. The monoisotopic (exact) mass is 304 g/mol. The molecule has 6 heteroatoms. The van der Waals surface area contributed by atoms with Gasteiger partial charge in [-0.05, 0) is 38.5 Å². The van der Waals surface area contributed by atoms with Gasteiger partial charge in [0.1, 0.15) is 5.69 Å². The lowest BCUT2D eigenvalue weighted by molar-refractivity contribution is 0.111. The minimum atomic E-state index is 0.293. The van der Waals surface area contributed by atoms with Crippen LogP contribution in [0.15, 0.2) is 0 Å². The van der Waals surface area contributed by atoms with E-state index in [1.54, 1.807) is 16.0 Å². The van der Waals surface area contributed by atoms with Gasteiger partial charge in [-0.2, -0.15) is 4.68 Å². The SMILES string of the molecule is CCC(CC)c1c(C=O)nnn1-c1nc2c(s1)CCCC2. The molecule has 2 heterocycles. The molecule has 1 aliphatic rings. The zero-order chi connectivity index (χ0) is 14.8. The maximum atomic E-state index is 11.3. The van der Waals surface area contributed by atoms with E-state index in [9.17, 15) is 4.79 Å². The van der Waals surface area contributed by atoms with Crippen LogP contribution in [0.4, 0.5) is 0 Å². The summed E-state index contributed by atoms with van der Waals surface area (Å²) in [5, 5.41) is 9.11. The summed E-state index contributed by atoms with van der Waals surface area (Å²) in [4.78, 5) is 17.4. The third-order valence-electron chi connectivity index (χ3n) is 4.23. The van der Waals surface area contributed by atoms with Gasteiger partial charge in [0, 0.05) is 10.8 Å². The molecule has 21 heavy (non-hydrogen) atoms. The molecule has 3 rings (SSSR count). The minimum absolute atomic E-state index is 0.293. The fraction of sp³-hybridized carbons (Fsp3) is 0.600. The number of nitrogens with zero attached hydrogens (tertiary/aromatic N) is 4. The first-order chi connectivity index (χ1) is 10.3. The predicted molar refractivity (Wildman–Crippen MR) is 82.4 cm³/mol. The van der Waals surface area contributed by atoms with Crippen molar-refractivity contribution in [2.75, 3.05) is 0 Å². The van der Waals surface area contributed by atoms with Gasteiger partial charge in [-0.1, -0.05) is 30.4 Å². The molecular weight excluding hydrogens is 284 g/mol. The van der Waals surface area contributed by atoms with Crippen LogP contribution in [0, 0.1) is 0 Å². The molecule has 0 radical (unpaired) electrons. The van der Waals surface area contributed by atoms with E-state index in [-0.39, 0.29) is 0 Å². The van der Waals surface area contributed by atoms with Crippen LogP contribution in [0.5, 0.6) is 0 Å². The largest absolute Gasteiger partial charge is 0.296 e. The summed E-state index contributed by atoms with van der Waals surface area (Å²) in [6.45, 7) is 4.26. The summed E-state index contributed by atoms with van der Waals surface area (Å²) in [6.07, 6.45) is 7.37. The summed E-state index contributed by atoms with van der Waals surface area (Å²) in [6, 6.07) is 0. The Morgan fingerprint density at radius 3 is 2.71 bits per heavy atom. The summed E-state index contributed by atoms with van der Waals surface area (Å²) < 4.78 is 1.80. The van der Waals surface area contributed by atoms with Crippen LogP contribution in [0.2, 0.25) is 0 Å². The van der Waals surface area contributed by atoms with Crippen LogP contribution >= 0.6 is 11.3 Å². The Morgan fingerprint density at radius 2 is 2.05 bits per heavy atom. The number of rotatable bonds is 5. The molecule has 2 aromatic rings. The number of aldehydes is 1. The van der Waals surface area contributed by atoms with Crippen LogP contribution in [0.3, 0.4) is 0 Å². The lowest BCUT2D eigenvalue weighted by Gasteiger charge is -2.13. The van der Waals surface area contributed by atoms with Gasteiger partial charge in [0.25, 0.3) is 0 Å². The van der Waals surface area contributed by atoms with E-state index in [1.165, 1.54) is 23.4 Å². The number of aryl methyl sites for hydroxylation is 2. The highest BCUT2D eigenvalue weighted by Crippen LogP contribution is 2.32. The Balaban J connectivity index is 2.07. The zero-order valence-electron chi connectivity index (χ0n) is 12.5. The highest BCUT2D eigenvalue weighted by Gasteiger charge is 2.24. The highest BCUT2D eigenvalue weighted by atomic mass is 32.1. The second-order valence-electron chi connectivity index (χ2n) is 5.48. The average molecular weight is 304 g/mol. The summed E-state index contributed by atoms with van der Waals surface area (Å²) in [5.74, 6) is 0.293. The normalized spacial score (nSPS) is 14.4. The third kappa shape index (κ3) is 2.52. The first kappa shape index (κ1) is 14.4. The molecule has 0 unspecified atom stereocenters. The molecule has 5 nitrogen and oxygen atoms in total. The maximum Gasteiger partial charge on any atom is 0.212 e. The number of fused-ring (bicyclic) bond motifs is 1. The first-order valence-electron chi connectivity index (χ1n) is 7.68. The number of carbonyl (C=O) groups excluding carboxylic acids is 1. The summed E-state index contributed by atoms with van der Waals surface area (Å²) in [5.41, 5.74) is 2.58. The molecule has 0 aliphatic heterocycles. The topological polar surface area (TPSA) is 60.7 Å². The van der Waals surface area contributed by atoms with Crippen molar-refractivity contribution in [1.82, 2.24) is 20.0 Å². The van der Waals surface area contributed by atoms with E-state index >= 15 is 0 Å². The molecule has 0 atom stereocenters. The number of aromatic nitrogens is 4. The molecule has 0 saturated carbocycles. The van der Waals surface area contributed by atoms with Gasteiger partial charge in [-0.15, -0.1) is 5.10 Å². The van der Waals surface area contributed by atoms with Crippen LogP contribution in [0.25, 0.3) is 5.13 Å². The van der Waals surface area contributed by atoms with Gasteiger partial charge in [0.15, 0.2) is 6.29 Å². The summed E-state index contributed by atoms with van der Waals surface area (Å²) in [7, 11) is 0. The number of carbonyl (C=O) groups is 1. The predicted octanol–water partition coefficient (Wildman–Crippen LogP) is 3.32. The molecule has 0 aromatic carbocycles. The van der Waals surface area contributed by atoms with Gasteiger partial charge < -0.3 is 0 Å². The Labute approximate surface area is 128 Å². The third-order valence-corrected chi connectivity index (χ3v) is 5.36. The molecule has 112 valence electrons. The number of hydrogen-bond donors (Lipinski definition) is 0. The van der Waals surface area contributed by atoms with Crippen molar-refractivity contribution in [3.8, 4) is 5.13 Å². The molecule has 0 spiro atoms. The Kier molecular flexibility index (Phi) is 4.14. The van der Waals surface area contributed by atoms with Crippen molar-refractivity contribution in [1.29, 1.82) is 0 Å². The van der Waals surface area contributed by atoms with E-state index in [0.29, 0.717) is 11.6 Å². The summed E-state index contributed by atoms with van der Waals surface area (Å²) >= 11 is 1.70. The van der Waals surface area contributed by atoms with E-state index in [1.807, 2.05) is 0 Å². The van der Waals surface area contributed by atoms with Crippen molar-refractivity contribution >= 4 is 17.6 Å². The van der Waals surface area contributed by atoms with E-state index < -0.39 is 0 Å². The molecule has 0 N–H and O–H groups in total.